The maximum Gasteiger partial charge on any atom is 0.231 e. The monoisotopic (exact) mass is 421 g/mol. The zero-order valence-electron chi connectivity index (χ0n) is 12.9. The highest BCUT2D eigenvalue weighted by atomic mass is 79.9. The van der Waals surface area contributed by atoms with Crippen molar-refractivity contribution < 1.29 is 14.3 Å². The van der Waals surface area contributed by atoms with E-state index >= 15 is 0 Å². The van der Waals surface area contributed by atoms with E-state index in [1.54, 1.807) is 18.2 Å². The average Bonchev–Trinajstić information content (AvgIpc) is 2.96. The molecule has 0 saturated carbocycles. The number of halogens is 2. The number of carbonyl (C=O) groups is 1. The summed E-state index contributed by atoms with van der Waals surface area (Å²) < 4.78 is 11.9. The highest BCUT2D eigenvalue weighted by Crippen LogP contribution is 2.35. The van der Waals surface area contributed by atoms with E-state index in [0.29, 0.717) is 35.7 Å². The number of carbonyl (C=O) groups excluding carboxylic acids is 1. The van der Waals surface area contributed by atoms with Crippen LogP contribution >= 0.6 is 27.5 Å². The number of hydrogen-bond donors (Lipinski definition) is 2. The van der Waals surface area contributed by atoms with E-state index in [1.807, 2.05) is 12.1 Å². The van der Waals surface area contributed by atoms with Gasteiger partial charge in [0.15, 0.2) is 11.5 Å². The van der Waals surface area contributed by atoms with Gasteiger partial charge < -0.3 is 14.5 Å². The minimum atomic E-state index is -0.192. The molecule has 0 spiro atoms. The van der Waals surface area contributed by atoms with Crippen LogP contribution in [-0.4, -0.2) is 29.1 Å². The van der Waals surface area contributed by atoms with Crippen LogP contribution in [0.5, 0.6) is 11.5 Å². The van der Waals surface area contributed by atoms with Crippen LogP contribution in [0.3, 0.4) is 0 Å². The van der Waals surface area contributed by atoms with Crippen LogP contribution in [0.1, 0.15) is 5.56 Å². The molecule has 0 bridgehead atoms. The van der Waals surface area contributed by atoms with Gasteiger partial charge in [0.25, 0.3) is 0 Å². The number of amides is 1. The molecule has 0 atom stereocenters. The van der Waals surface area contributed by atoms with Gasteiger partial charge in [0.1, 0.15) is 13.2 Å². The van der Waals surface area contributed by atoms with E-state index in [4.69, 9.17) is 21.1 Å². The number of anilines is 1. The van der Waals surface area contributed by atoms with Crippen molar-refractivity contribution in [3.63, 3.8) is 0 Å². The fraction of sp³-hybridized carbons (Fsp3) is 0.176. The van der Waals surface area contributed by atoms with Crippen molar-refractivity contribution >= 4 is 50.4 Å². The van der Waals surface area contributed by atoms with E-state index in [9.17, 15) is 4.79 Å². The second-order valence-corrected chi connectivity index (χ2v) is 6.85. The van der Waals surface area contributed by atoms with E-state index in [-0.39, 0.29) is 12.3 Å². The van der Waals surface area contributed by atoms with Crippen LogP contribution in [0.25, 0.3) is 11.0 Å². The molecule has 0 saturated heterocycles. The first-order valence-corrected chi connectivity index (χ1v) is 8.79. The van der Waals surface area contributed by atoms with Gasteiger partial charge >= 0.3 is 0 Å². The van der Waals surface area contributed by atoms with Crippen LogP contribution < -0.4 is 14.8 Å². The quantitative estimate of drug-likeness (QED) is 0.670. The Morgan fingerprint density at radius 2 is 2.00 bits per heavy atom. The molecule has 25 heavy (non-hydrogen) atoms. The van der Waals surface area contributed by atoms with Gasteiger partial charge in [0.05, 0.1) is 17.5 Å². The van der Waals surface area contributed by atoms with Gasteiger partial charge in [0.2, 0.25) is 11.9 Å². The van der Waals surface area contributed by atoms with Crippen molar-refractivity contribution in [2.75, 3.05) is 18.5 Å². The number of imidazole rings is 1. The molecule has 2 heterocycles. The van der Waals surface area contributed by atoms with Crippen molar-refractivity contribution in [2.45, 2.75) is 6.42 Å². The predicted molar refractivity (Wildman–Crippen MR) is 98.6 cm³/mol. The third kappa shape index (κ3) is 3.43. The number of benzene rings is 2. The number of H-pyrrole nitrogens is 1. The van der Waals surface area contributed by atoms with Crippen LogP contribution in [0.2, 0.25) is 5.02 Å². The molecule has 0 radical (unpaired) electrons. The molecule has 0 aliphatic carbocycles. The van der Waals surface area contributed by atoms with Crippen LogP contribution in [0.4, 0.5) is 5.95 Å². The molecule has 4 rings (SSSR count). The Hall–Kier alpha value is -2.25. The molecule has 2 aromatic carbocycles. The highest BCUT2D eigenvalue weighted by Gasteiger charge is 2.17. The minimum Gasteiger partial charge on any atom is -0.486 e. The first kappa shape index (κ1) is 16.2. The molecule has 128 valence electrons. The second kappa shape index (κ2) is 6.57. The van der Waals surface area contributed by atoms with Crippen molar-refractivity contribution in [1.29, 1.82) is 0 Å². The summed E-state index contributed by atoms with van der Waals surface area (Å²) >= 11 is 9.43. The molecule has 1 aliphatic rings. The zero-order chi connectivity index (χ0) is 17.4. The number of aromatic nitrogens is 2. The molecule has 2 N–H and O–H groups in total. The molecule has 0 fully saturated rings. The topological polar surface area (TPSA) is 76.2 Å². The average molecular weight is 423 g/mol. The summed E-state index contributed by atoms with van der Waals surface area (Å²) in [6.07, 6.45) is 0.176. The summed E-state index contributed by atoms with van der Waals surface area (Å²) in [5, 5.41) is 3.37. The number of aromatic amines is 1. The van der Waals surface area contributed by atoms with Crippen LogP contribution in [-0.2, 0) is 11.2 Å². The number of fused-ring (bicyclic) bond motifs is 2. The zero-order valence-corrected chi connectivity index (χ0v) is 15.3. The lowest BCUT2D eigenvalue weighted by atomic mass is 10.1. The Morgan fingerprint density at radius 3 is 2.80 bits per heavy atom. The Balaban J connectivity index is 1.51. The fourth-order valence-electron chi connectivity index (χ4n) is 2.63. The van der Waals surface area contributed by atoms with Crippen LogP contribution in [0, 0.1) is 0 Å². The molecule has 3 aromatic rings. The predicted octanol–water partition coefficient (Wildman–Crippen LogP) is 3.93. The molecule has 1 aliphatic heterocycles. The molecular formula is C17H13BrClN3O3. The largest absolute Gasteiger partial charge is 0.486 e. The molecule has 1 amide bonds. The lowest BCUT2D eigenvalue weighted by molar-refractivity contribution is -0.115. The summed E-state index contributed by atoms with van der Waals surface area (Å²) in [5.74, 6) is 1.52. The van der Waals surface area contributed by atoms with Gasteiger partial charge in [-0.2, -0.15) is 0 Å². The fourth-order valence-corrected chi connectivity index (χ4v) is 3.27. The van der Waals surface area contributed by atoms with Gasteiger partial charge in [0, 0.05) is 9.50 Å². The van der Waals surface area contributed by atoms with Crippen LogP contribution in [0.15, 0.2) is 34.8 Å². The third-order valence-corrected chi connectivity index (χ3v) is 4.74. The first-order valence-electron chi connectivity index (χ1n) is 7.61. The molecule has 6 nitrogen and oxygen atoms in total. The number of ether oxygens (including phenoxy) is 2. The van der Waals surface area contributed by atoms with Gasteiger partial charge in [-0.05, 0) is 35.9 Å². The minimum absolute atomic E-state index is 0.176. The summed E-state index contributed by atoms with van der Waals surface area (Å²) in [7, 11) is 0. The van der Waals surface area contributed by atoms with Gasteiger partial charge in [-0.3, -0.25) is 10.1 Å². The van der Waals surface area contributed by atoms with E-state index in [2.05, 4.69) is 31.2 Å². The highest BCUT2D eigenvalue weighted by molar-refractivity contribution is 9.10. The molecule has 8 heteroatoms. The summed E-state index contributed by atoms with van der Waals surface area (Å²) in [4.78, 5) is 19.7. The van der Waals surface area contributed by atoms with Crippen molar-refractivity contribution in [3.05, 3.63) is 45.4 Å². The molecule has 1 aromatic heterocycles. The lowest BCUT2D eigenvalue weighted by Crippen LogP contribution is -2.18. The maximum absolute atomic E-state index is 12.4. The van der Waals surface area contributed by atoms with Crippen molar-refractivity contribution in [3.8, 4) is 11.5 Å². The third-order valence-electron chi connectivity index (χ3n) is 3.76. The van der Waals surface area contributed by atoms with Crippen molar-refractivity contribution in [2.24, 2.45) is 0 Å². The Bertz CT molecular complexity index is 973. The Morgan fingerprint density at radius 1 is 1.24 bits per heavy atom. The SMILES string of the molecule is O=C(Cc1cc2c(cc1Br)OCCO2)Nc1nc2ccc(Cl)cc2[nH]1. The number of nitrogens with one attached hydrogen (secondary N) is 2. The number of hydrogen-bond acceptors (Lipinski definition) is 4. The first-order chi connectivity index (χ1) is 12.1. The summed E-state index contributed by atoms with van der Waals surface area (Å²) in [6, 6.07) is 8.94. The normalized spacial score (nSPS) is 13.0. The van der Waals surface area contributed by atoms with Gasteiger partial charge in [-0.25, -0.2) is 4.98 Å². The van der Waals surface area contributed by atoms with Crippen molar-refractivity contribution in [1.82, 2.24) is 9.97 Å². The van der Waals surface area contributed by atoms with Gasteiger partial charge in [-0.15, -0.1) is 0 Å². The summed E-state index contributed by atoms with van der Waals surface area (Å²) in [6.45, 7) is 1.02. The number of rotatable bonds is 3. The van der Waals surface area contributed by atoms with E-state index in [1.165, 1.54) is 0 Å². The van der Waals surface area contributed by atoms with E-state index in [0.717, 1.165) is 21.1 Å². The second-order valence-electron chi connectivity index (χ2n) is 5.56. The smallest absolute Gasteiger partial charge is 0.231 e. The molecular weight excluding hydrogens is 410 g/mol. The van der Waals surface area contributed by atoms with Gasteiger partial charge in [-0.1, -0.05) is 27.5 Å². The Labute approximate surface area is 156 Å². The Kier molecular flexibility index (Phi) is 4.27. The maximum atomic E-state index is 12.4. The van der Waals surface area contributed by atoms with E-state index < -0.39 is 0 Å². The standard InChI is InChI=1S/C17H13BrClN3O3/c18-11-8-15-14(24-3-4-25-15)5-9(11)6-16(23)22-17-20-12-2-1-10(19)7-13(12)21-17/h1-2,5,7-8H,3-4,6H2,(H2,20,21,22,23). The number of nitrogens with zero attached hydrogens (tertiary/aromatic N) is 1. The summed E-state index contributed by atoms with van der Waals surface area (Å²) in [5.41, 5.74) is 2.31. The molecule has 0 unspecified atom stereocenters. The lowest BCUT2D eigenvalue weighted by Gasteiger charge is -2.19.